The molecule has 1 fully saturated rings. The number of hydrogen-bond acceptors (Lipinski definition) is 2. The van der Waals surface area contributed by atoms with E-state index in [2.05, 4.69) is 0 Å². The van der Waals surface area contributed by atoms with Gasteiger partial charge in [-0.05, 0) is 50.3 Å². The average molecular weight is 283 g/mol. The zero-order valence-corrected chi connectivity index (χ0v) is 12.3. The van der Waals surface area contributed by atoms with Crippen molar-refractivity contribution in [1.29, 1.82) is 0 Å². The van der Waals surface area contributed by atoms with Gasteiger partial charge in [-0.3, -0.25) is 4.79 Å². The van der Waals surface area contributed by atoms with Crippen molar-refractivity contribution >= 4 is 18.3 Å². The molecule has 4 heteroatoms. The summed E-state index contributed by atoms with van der Waals surface area (Å²) < 4.78 is 0. The van der Waals surface area contributed by atoms with Gasteiger partial charge in [0, 0.05) is 18.7 Å². The first-order valence-electron chi connectivity index (χ1n) is 6.77. The summed E-state index contributed by atoms with van der Waals surface area (Å²) in [6.45, 7) is 4.46. The molecule has 1 saturated heterocycles. The number of aryl methyl sites for hydroxylation is 1. The maximum absolute atomic E-state index is 12.5. The molecule has 0 bridgehead atoms. The van der Waals surface area contributed by atoms with Crippen LogP contribution in [0.5, 0.6) is 0 Å². The summed E-state index contributed by atoms with van der Waals surface area (Å²) in [6.07, 6.45) is 3.33. The Balaban J connectivity index is 0.00000180. The first-order chi connectivity index (χ1) is 8.72. The van der Waals surface area contributed by atoms with Gasteiger partial charge >= 0.3 is 0 Å². The van der Waals surface area contributed by atoms with Crippen molar-refractivity contribution in [2.45, 2.75) is 26.2 Å². The van der Waals surface area contributed by atoms with Gasteiger partial charge in [0.05, 0.1) is 0 Å². The molecule has 2 N–H and O–H groups in total. The van der Waals surface area contributed by atoms with Gasteiger partial charge in [0.15, 0.2) is 0 Å². The largest absolute Gasteiger partial charge is 0.338 e. The summed E-state index contributed by atoms with van der Waals surface area (Å²) in [6, 6.07) is 7.82. The molecule has 1 aromatic carbocycles. The maximum Gasteiger partial charge on any atom is 0.254 e. The van der Waals surface area contributed by atoms with Crippen LogP contribution in [-0.4, -0.2) is 30.4 Å². The molecule has 1 aliphatic heterocycles. The van der Waals surface area contributed by atoms with Gasteiger partial charge in [0.1, 0.15) is 0 Å². The molecule has 0 spiro atoms. The van der Waals surface area contributed by atoms with E-state index in [4.69, 9.17) is 5.73 Å². The Hall–Kier alpha value is -1.06. The number of nitrogens with zero attached hydrogens (tertiary/aromatic N) is 1. The Morgan fingerprint density at radius 2 is 2.16 bits per heavy atom. The highest BCUT2D eigenvalue weighted by atomic mass is 35.5. The molecule has 1 amide bonds. The van der Waals surface area contributed by atoms with E-state index in [-0.39, 0.29) is 18.3 Å². The fourth-order valence-electron chi connectivity index (χ4n) is 2.70. The number of benzene rings is 1. The Kier molecular flexibility index (Phi) is 6.32. The van der Waals surface area contributed by atoms with E-state index >= 15 is 0 Å². The molecule has 1 heterocycles. The first kappa shape index (κ1) is 16.0. The zero-order chi connectivity index (χ0) is 13.0. The van der Waals surface area contributed by atoms with Crippen molar-refractivity contribution in [1.82, 2.24) is 4.90 Å². The monoisotopic (exact) mass is 282 g/mol. The maximum atomic E-state index is 12.5. The van der Waals surface area contributed by atoms with Crippen LogP contribution >= 0.6 is 12.4 Å². The van der Waals surface area contributed by atoms with Gasteiger partial charge in [0.25, 0.3) is 5.91 Å². The number of rotatable bonds is 3. The molecule has 1 aliphatic rings. The summed E-state index contributed by atoms with van der Waals surface area (Å²) in [5.41, 5.74) is 7.51. The molecule has 106 valence electrons. The Morgan fingerprint density at radius 3 is 2.84 bits per heavy atom. The molecule has 0 saturated carbocycles. The van der Waals surface area contributed by atoms with Crippen LogP contribution in [0.15, 0.2) is 24.3 Å². The predicted octanol–water partition coefficient (Wildman–Crippen LogP) is 2.62. The molecule has 0 aromatic heterocycles. The van der Waals surface area contributed by atoms with Gasteiger partial charge in [-0.2, -0.15) is 0 Å². The molecule has 1 atom stereocenters. The van der Waals surface area contributed by atoms with E-state index in [1.165, 1.54) is 6.42 Å². The highest BCUT2D eigenvalue weighted by Gasteiger charge is 2.24. The van der Waals surface area contributed by atoms with Crippen molar-refractivity contribution in [3.63, 3.8) is 0 Å². The molecule has 2 rings (SSSR count). The van der Waals surface area contributed by atoms with Crippen molar-refractivity contribution in [3.05, 3.63) is 35.4 Å². The fourth-order valence-corrected chi connectivity index (χ4v) is 2.70. The SMILES string of the molecule is Cc1ccccc1C(=O)N1CCCC(CCN)C1.Cl. The number of amides is 1. The van der Waals surface area contributed by atoms with E-state index in [0.29, 0.717) is 5.92 Å². The molecular formula is C15H23ClN2O. The molecule has 3 nitrogen and oxygen atoms in total. The van der Waals surface area contributed by atoms with Crippen LogP contribution in [0, 0.1) is 12.8 Å². The lowest BCUT2D eigenvalue weighted by Crippen LogP contribution is -2.40. The summed E-state index contributed by atoms with van der Waals surface area (Å²) in [5.74, 6) is 0.756. The average Bonchev–Trinajstić information content (AvgIpc) is 2.39. The summed E-state index contributed by atoms with van der Waals surface area (Å²) in [4.78, 5) is 14.5. The molecular weight excluding hydrogens is 260 g/mol. The van der Waals surface area contributed by atoms with Gasteiger partial charge < -0.3 is 10.6 Å². The number of halogens is 1. The van der Waals surface area contributed by atoms with Gasteiger partial charge in [0.2, 0.25) is 0 Å². The van der Waals surface area contributed by atoms with Crippen molar-refractivity contribution < 1.29 is 4.79 Å². The molecule has 1 aromatic rings. The second-order valence-corrected chi connectivity index (χ2v) is 5.15. The predicted molar refractivity (Wildman–Crippen MR) is 80.7 cm³/mol. The third-order valence-corrected chi connectivity index (χ3v) is 3.76. The highest BCUT2D eigenvalue weighted by Crippen LogP contribution is 2.21. The number of carbonyl (C=O) groups excluding carboxylic acids is 1. The standard InChI is InChI=1S/C15H22N2O.ClH/c1-12-5-2-3-7-14(12)15(18)17-10-4-6-13(11-17)8-9-16;/h2-3,5,7,13H,4,6,8-11,16H2,1H3;1H. The minimum Gasteiger partial charge on any atom is -0.338 e. The van der Waals surface area contributed by atoms with E-state index in [1.54, 1.807) is 0 Å². The zero-order valence-electron chi connectivity index (χ0n) is 11.5. The van der Waals surface area contributed by atoms with Crippen LogP contribution in [0.2, 0.25) is 0 Å². The Labute approximate surface area is 121 Å². The summed E-state index contributed by atoms with van der Waals surface area (Å²) in [7, 11) is 0. The van der Waals surface area contributed by atoms with E-state index in [1.807, 2.05) is 36.1 Å². The number of piperidine rings is 1. The Bertz CT molecular complexity index is 420. The number of nitrogens with two attached hydrogens (primary N) is 1. The van der Waals surface area contributed by atoms with Crippen LogP contribution in [0.1, 0.15) is 35.2 Å². The third-order valence-electron chi connectivity index (χ3n) is 3.76. The lowest BCUT2D eigenvalue weighted by atomic mass is 9.94. The van der Waals surface area contributed by atoms with E-state index in [9.17, 15) is 4.79 Å². The normalized spacial score (nSPS) is 18.8. The quantitative estimate of drug-likeness (QED) is 0.926. The third kappa shape index (κ3) is 3.95. The summed E-state index contributed by atoms with van der Waals surface area (Å²) >= 11 is 0. The minimum absolute atomic E-state index is 0. The van der Waals surface area contributed by atoms with Gasteiger partial charge in [-0.25, -0.2) is 0 Å². The number of carbonyl (C=O) groups is 1. The van der Waals surface area contributed by atoms with Crippen molar-refractivity contribution in [3.8, 4) is 0 Å². The second kappa shape index (κ2) is 7.51. The van der Waals surface area contributed by atoms with Gasteiger partial charge in [-0.1, -0.05) is 18.2 Å². The van der Waals surface area contributed by atoms with Crippen LogP contribution in [-0.2, 0) is 0 Å². The van der Waals surface area contributed by atoms with Crippen LogP contribution in [0.4, 0.5) is 0 Å². The smallest absolute Gasteiger partial charge is 0.254 e. The van der Waals surface area contributed by atoms with E-state index < -0.39 is 0 Å². The van der Waals surface area contributed by atoms with Crippen molar-refractivity contribution in [2.24, 2.45) is 11.7 Å². The van der Waals surface area contributed by atoms with Gasteiger partial charge in [-0.15, -0.1) is 12.4 Å². The minimum atomic E-state index is 0. The Morgan fingerprint density at radius 1 is 1.42 bits per heavy atom. The van der Waals surface area contributed by atoms with Crippen LogP contribution in [0.25, 0.3) is 0 Å². The lowest BCUT2D eigenvalue weighted by molar-refractivity contribution is 0.0669. The number of likely N-dealkylation sites (tertiary alicyclic amines) is 1. The lowest BCUT2D eigenvalue weighted by Gasteiger charge is -2.33. The number of hydrogen-bond donors (Lipinski definition) is 1. The molecule has 1 unspecified atom stereocenters. The molecule has 0 radical (unpaired) electrons. The highest BCUT2D eigenvalue weighted by molar-refractivity contribution is 5.95. The van der Waals surface area contributed by atoms with Crippen molar-refractivity contribution in [2.75, 3.05) is 19.6 Å². The molecule has 19 heavy (non-hydrogen) atoms. The topological polar surface area (TPSA) is 46.3 Å². The second-order valence-electron chi connectivity index (χ2n) is 5.15. The first-order valence-corrected chi connectivity index (χ1v) is 6.77. The summed E-state index contributed by atoms with van der Waals surface area (Å²) in [5, 5.41) is 0. The fraction of sp³-hybridized carbons (Fsp3) is 0.533. The van der Waals surface area contributed by atoms with Crippen LogP contribution < -0.4 is 5.73 Å². The van der Waals surface area contributed by atoms with Crippen LogP contribution in [0.3, 0.4) is 0 Å². The molecule has 0 aliphatic carbocycles. The van der Waals surface area contributed by atoms with E-state index in [0.717, 1.165) is 43.6 Å².